The molecule has 2 rings (SSSR count). The zero-order valence-electron chi connectivity index (χ0n) is 13.8. The van der Waals surface area contributed by atoms with Crippen LogP contribution in [-0.4, -0.2) is 56.2 Å². The summed E-state index contributed by atoms with van der Waals surface area (Å²) in [5, 5.41) is 3.78. The summed E-state index contributed by atoms with van der Waals surface area (Å²) in [6, 6.07) is 5.98. The minimum atomic E-state index is -2.95. The van der Waals surface area contributed by atoms with Crippen LogP contribution < -0.4 is 5.32 Å². The maximum Gasteiger partial charge on any atom is 0.173 e. The smallest absolute Gasteiger partial charge is 0.173 e. The molecule has 0 amide bonds. The molecule has 7 heteroatoms. The largest absolute Gasteiger partial charge is 0.383 e. The maximum atomic E-state index is 11.8. The lowest BCUT2D eigenvalue weighted by Crippen LogP contribution is -2.45. The second-order valence-electron chi connectivity index (χ2n) is 5.97. The zero-order chi connectivity index (χ0) is 17.0. The van der Waals surface area contributed by atoms with Gasteiger partial charge in [0.1, 0.15) is 0 Å². The highest BCUT2D eigenvalue weighted by Gasteiger charge is 2.33. The summed E-state index contributed by atoms with van der Waals surface area (Å²) >= 11 is 5.52. The van der Waals surface area contributed by atoms with Gasteiger partial charge >= 0.3 is 0 Å². The molecular formula is C16H24N2O3S2. The van der Waals surface area contributed by atoms with E-state index in [1.54, 1.807) is 7.11 Å². The summed E-state index contributed by atoms with van der Waals surface area (Å²) in [6.45, 7) is 5.19. The van der Waals surface area contributed by atoms with E-state index < -0.39 is 9.84 Å². The van der Waals surface area contributed by atoms with Crippen molar-refractivity contribution in [2.45, 2.75) is 26.3 Å². The number of nitrogens with one attached hydrogen (secondary N) is 1. The van der Waals surface area contributed by atoms with Crippen LogP contribution in [0, 0.1) is 13.8 Å². The van der Waals surface area contributed by atoms with E-state index in [0.29, 0.717) is 24.7 Å². The first kappa shape index (κ1) is 18.2. The van der Waals surface area contributed by atoms with Crippen molar-refractivity contribution in [1.29, 1.82) is 0 Å². The quantitative estimate of drug-likeness (QED) is 0.816. The van der Waals surface area contributed by atoms with Crippen LogP contribution in [0.4, 0.5) is 5.69 Å². The fourth-order valence-electron chi connectivity index (χ4n) is 2.68. The molecule has 1 N–H and O–H groups in total. The van der Waals surface area contributed by atoms with Crippen molar-refractivity contribution in [3.63, 3.8) is 0 Å². The third-order valence-corrected chi connectivity index (χ3v) is 6.29. The number of thiocarbonyl (C=S) groups is 1. The molecule has 1 aromatic rings. The Kier molecular flexibility index (Phi) is 6.00. The third-order valence-electron chi connectivity index (χ3n) is 4.20. The van der Waals surface area contributed by atoms with Gasteiger partial charge in [-0.3, -0.25) is 0 Å². The first-order valence-electron chi connectivity index (χ1n) is 7.66. The Morgan fingerprint density at radius 3 is 2.70 bits per heavy atom. The Balaban J connectivity index is 2.11. The van der Waals surface area contributed by atoms with Crippen LogP contribution in [0.3, 0.4) is 0 Å². The number of sulfone groups is 1. The highest BCUT2D eigenvalue weighted by Crippen LogP contribution is 2.20. The molecule has 1 heterocycles. The second kappa shape index (κ2) is 7.59. The van der Waals surface area contributed by atoms with E-state index in [9.17, 15) is 8.42 Å². The van der Waals surface area contributed by atoms with Gasteiger partial charge < -0.3 is 15.0 Å². The number of hydrogen-bond acceptors (Lipinski definition) is 4. The van der Waals surface area contributed by atoms with E-state index in [0.717, 1.165) is 5.69 Å². The van der Waals surface area contributed by atoms with Gasteiger partial charge in [-0.25, -0.2) is 8.42 Å². The fraction of sp³-hybridized carbons (Fsp3) is 0.562. The van der Waals surface area contributed by atoms with E-state index >= 15 is 0 Å². The van der Waals surface area contributed by atoms with Crippen LogP contribution in [-0.2, 0) is 14.6 Å². The third kappa shape index (κ3) is 4.89. The molecule has 0 saturated carbocycles. The van der Waals surface area contributed by atoms with E-state index in [1.165, 1.54) is 11.1 Å². The molecule has 0 spiro atoms. The van der Waals surface area contributed by atoms with Gasteiger partial charge in [-0.1, -0.05) is 6.07 Å². The summed E-state index contributed by atoms with van der Waals surface area (Å²) in [7, 11) is -1.33. The van der Waals surface area contributed by atoms with Gasteiger partial charge in [0, 0.05) is 25.4 Å². The van der Waals surface area contributed by atoms with Gasteiger partial charge in [0.15, 0.2) is 14.9 Å². The van der Waals surface area contributed by atoms with Crippen LogP contribution in [0.25, 0.3) is 0 Å². The Bertz CT molecular complexity index is 674. The van der Waals surface area contributed by atoms with Crippen molar-refractivity contribution < 1.29 is 13.2 Å². The molecule has 128 valence electrons. The average Bonchev–Trinajstić information content (AvgIpc) is 2.83. The van der Waals surface area contributed by atoms with Gasteiger partial charge in [-0.05, 0) is 55.7 Å². The minimum absolute atomic E-state index is 0.0818. The number of rotatable bonds is 5. The zero-order valence-corrected chi connectivity index (χ0v) is 15.5. The molecule has 1 fully saturated rings. The van der Waals surface area contributed by atoms with Crippen molar-refractivity contribution in [1.82, 2.24) is 4.90 Å². The predicted octanol–water partition coefficient (Wildman–Crippen LogP) is 2.14. The lowest BCUT2D eigenvalue weighted by Gasteiger charge is -2.30. The molecule has 1 aromatic carbocycles. The van der Waals surface area contributed by atoms with Crippen molar-refractivity contribution in [2.24, 2.45) is 0 Å². The highest BCUT2D eigenvalue weighted by molar-refractivity contribution is 7.91. The number of aryl methyl sites for hydroxylation is 2. The van der Waals surface area contributed by atoms with E-state index in [1.807, 2.05) is 23.1 Å². The lowest BCUT2D eigenvalue weighted by molar-refractivity contribution is 0.166. The molecule has 1 atom stereocenters. The first-order valence-corrected chi connectivity index (χ1v) is 9.89. The van der Waals surface area contributed by atoms with E-state index in [2.05, 4.69) is 19.2 Å². The number of methoxy groups -OCH3 is 1. The Labute approximate surface area is 143 Å². The molecule has 5 nitrogen and oxygen atoms in total. The second-order valence-corrected chi connectivity index (χ2v) is 8.59. The molecule has 0 bridgehead atoms. The van der Waals surface area contributed by atoms with Crippen molar-refractivity contribution >= 4 is 32.9 Å². The minimum Gasteiger partial charge on any atom is -0.383 e. The number of benzene rings is 1. The van der Waals surface area contributed by atoms with E-state index in [-0.39, 0.29) is 17.5 Å². The Morgan fingerprint density at radius 1 is 1.39 bits per heavy atom. The summed E-state index contributed by atoms with van der Waals surface area (Å²) < 4.78 is 28.7. The van der Waals surface area contributed by atoms with Gasteiger partial charge in [0.2, 0.25) is 0 Å². The Hall–Kier alpha value is -1.18. The molecule has 0 radical (unpaired) electrons. The predicted molar refractivity (Wildman–Crippen MR) is 97.8 cm³/mol. The molecule has 1 saturated heterocycles. The van der Waals surface area contributed by atoms with Gasteiger partial charge in [0.25, 0.3) is 0 Å². The van der Waals surface area contributed by atoms with Gasteiger partial charge in [0.05, 0.1) is 18.1 Å². The fourth-order valence-corrected chi connectivity index (χ4v) is 4.76. The van der Waals surface area contributed by atoms with Crippen LogP contribution >= 0.6 is 12.2 Å². The van der Waals surface area contributed by atoms with Gasteiger partial charge in [-0.15, -0.1) is 0 Å². The molecule has 1 aliphatic heterocycles. The molecular weight excluding hydrogens is 332 g/mol. The average molecular weight is 357 g/mol. The number of ether oxygens (including phenoxy) is 1. The summed E-state index contributed by atoms with van der Waals surface area (Å²) in [5.74, 6) is 0.388. The monoisotopic (exact) mass is 356 g/mol. The van der Waals surface area contributed by atoms with Crippen LogP contribution in [0.15, 0.2) is 18.2 Å². The molecule has 0 aromatic heterocycles. The van der Waals surface area contributed by atoms with Gasteiger partial charge in [-0.2, -0.15) is 0 Å². The number of anilines is 1. The first-order chi connectivity index (χ1) is 10.8. The summed E-state index contributed by atoms with van der Waals surface area (Å²) in [4.78, 5) is 1.94. The molecule has 0 aliphatic carbocycles. The topological polar surface area (TPSA) is 58.6 Å². The number of nitrogens with zero attached hydrogens (tertiary/aromatic N) is 1. The molecule has 23 heavy (non-hydrogen) atoms. The lowest BCUT2D eigenvalue weighted by atomic mass is 10.1. The maximum absolute atomic E-state index is 11.8. The normalized spacial score (nSPS) is 19.5. The summed E-state index contributed by atoms with van der Waals surface area (Å²) in [6.07, 6.45) is 0.612. The van der Waals surface area contributed by atoms with Crippen LogP contribution in [0.2, 0.25) is 0 Å². The van der Waals surface area contributed by atoms with Crippen molar-refractivity contribution in [3.8, 4) is 0 Å². The van der Waals surface area contributed by atoms with E-state index in [4.69, 9.17) is 17.0 Å². The van der Waals surface area contributed by atoms with Crippen molar-refractivity contribution in [2.75, 3.05) is 37.1 Å². The molecule has 0 unspecified atom stereocenters. The van der Waals surface area contributed by atoms with Crippen molar-refractivity contribution in [3.05, 3.63) is 29.3 Å². The Morgan fingerprint density at radius 2 is 2.13 bits per heavy atom. The molecule has 1 aliphatic rings. The van der Waals surface area contributed by atoms with Crippen LogP contribution in [0.5, 0.6) is 0 Å². The highest BCUT2D eigenvalue weighted by atomic mass is 32.2. The summed E-state index contributed by atoms with van der Waals surface area (Å²) in [5.41, 5.74) is 3.32. The number of hydrogen-bond donors (Lipinski definition) is 1. The SMILES string of the molecule is COCCN(C(=S)Nc1ccc(C)c(C)c1)[C@H]1CCS(=O)(=O)C1. The van der Waals surface area contributed by atoms with Crippen LogP contribution in [0.1, 0.15) is 17.5 Å². The standard InChI is InChI=1S/C16H24N2O3S2/c1-12-4-5-14(10-13(12)2)17-16(22)18(7-8-21-3)15-6-9-23(19,20)11-15/h4-5,10,15H,6-9,11H2,1-3H3,(H,17,22)/t15-/m0/s1.